The molecule has 1 aliphatic rings. The molecule has 4 rings (SSSR count). The van der Waals surface area contributed by atoms with Gasteiger partial charge in [-0.3, -0.25) is 14.4 Å². The van der Waals surface area contributed by atoms with Crippen LogP contribution in [0, 0.1) is 13.8 Å². The van der Waals surface area contributed by atoms with Crippen molar-refractivity contribution in [2.75, 3.05) is 23.7 Å². The number of nitrogens with zero attached hydrogens (tertiary/aromatic N) is 5. The second-order valence-electron chi connectivity index (χ2n) is 7.40. The van der Waals surface area contributed by atoms with Gasteiger partial charge in [-0.15, -0.1) is 11.3 Å². The molecule has 152 valence electrons. The minimum absolute atomic E-state index is 0.0227. The highest BCUT2D eigenvalue weighted by molar-refractivity contribution is 7.13. The first-order valence-electron chi connectivity index (χ1n) is 9.67. The number of carbonyl (C=O) groups excluding carboxylic acids is 1. The lowest BCUT2D eigenvalue weighted by molar-refractivity contribution is -0.117. The van der Waals surface area contributed by atoms with Gasteiger partial charge in [-0.25, -0.2) is 9.97 Å². The minimum atomic E-state index is -0.0227. The zero-order chi connectivity index (χ0) is 20.4. The largest absolute Gasteiger partial charge is 0.322 e. The van der Waals surface area contributed by atoms with Gasteiger partial charge in [0, 0.05) is 24.8 Å². The number of hydrogen-bond acceptors (Lipinski definition) is 7. The van der Waals surface area contributed by atoms with Crippen molar-refractivity contribution in [3.05, 3.63) is 46.9 Å². The third-order valence-electron chi connectivity index (χ3n) is 5.01. The van der Waals surface area contributed by atoms with Crippen molar-refractivity contribution in [1.29, 1.82) is 0 Å². The first-order valence-corrected chi connectivity index (χ1v) is 10.5. The second-order valence-corrected chi connectivity index (χ2v) is 8.26. The molecule has 0 spiro atoms. The van der Waals surface area contributed by atoms with Crippen LogP contribution in [-0.4, -0.2) is 43.6 Å². The van der Waals surface area contributed by atoms with Crippen LogP contribution in [0.1, 0.15) is 35.8 Å². The summed E-state index contributed by atoms with van der Waals surface area (Å²) >= 11 is 1.56. The average Bonchev–Trinajstić information content (AvgIpc) is 3.38. The van der Waals surface area contributed by atoms with Crippen LogP contribution in [0.5, 0.6) is 0 Å². The van der Waals surface area contributed by atoms with Crippen LogP contribution in [0.2, 0.25) is 0 Å². The first kappa shape index (κ1) is 19.5. The molecular weight excluding hydrogens is 386 g/mol. The summed E-state index contributed by atoms with van der Waals surface area (Å²) in [5.74, 6) is 0.761. The summed E-state index contributed by atoms with van der Waals surface area (Å²) in [7, 11) is 1.85. The lowest BCUT2D eigenvalue weighted by atomic mass is 10.2. The number of rotatable bonds is 6. The lowest BCUT2D eigenvalue weighted by Crippen LogP contribution is -2.33. The predicted octanol–water partition coefficient (Wildman–Crippen LogP) is 3.41. The molecule has 0 radical (unpaired) electrons. The lowest BCUT2D eigenvalue weighted by Gasteiger charge is -2.22. The molecule has 0 saturated carbocycles. The number of pyridine rings is 1. The highest BCUT2D eigenvalue weighted by Gasteiger charge is 2.29. The number of hydrogen-bond donors (Lipinski definition) is 2. The van der Waals surface area contributed by atoms with E-state index in [0.29, 0.717) is 6.54 Å². The van der Waals surface area contributed by atoms with E-state index in [1.54, 1.807) is 16.0 Å². The molecule has 1 atom stereocenters. The summed E-state index contributed by atoms with van der Waals surface area (Å²) in [6.45, 7) is 5.14. The summed E-state index contributed by atoms with van der Waals surface area (Å²) in [5, 5.41) is 13.4. The summed E-state index contributed by atoms with van der Waals surface area (Å²) in [5.41, 5.74) is 3.71. The van der Waals surface area contributed by atoms with Crippen LogP contribution >= 0.6 is 11.3 Å². The second kappa shape index (κ2) is 8.30. The molecule has 1 unspecified atom stereocenters. The molecule has 1 aliphatic heterocycles. The molecule has 1 amide bonds. The predicted molar refractivity (Wildman–Crippen MR) is 114 cm³/mol. The number of nitrogens with one attached hydrogen (secondary N) is 2. The van der Waals surface area contributed by atoms with Crippen LogP contribution in [0.25, 0.3) is 0 Å². The number of aromatic nitrogens is 4. The van der Waals surface area contributed by atoms with Gasteiger partial charge in [-0.1, -0.05) is 6.07 Å². The topological polar surface area (TPSA) is 88.0 Å². The van der Waals surface area contributed by atoms with E-state index >= 15 is 0 Å². The van der Waals surface area contributed by atoms with Gasteiger partial charge in [0.25, 0.3) is 0 Å². The Balaban J connectivity index is 1.39. The Kier molecular flexibility index (Phi) is 5.59. The Bertz CT molecular complexity index is 995. The van der Waals surface area contributed by atoms with Crippen LogP contribution in [0.3, 0.4) is 0 Å². The van der Waals surface area contributed by atoms with Crippen LogP contribution in [0.15, 0.2) is 29.9 Å². The van der Waals surface area contributed by atoms with E-state index in [0.717, 1.165) is 53.0 Å². The Morgan fingerprint density at radius 3 is 2.93 bits per heavy atom. The molecular formula is C20H25N7OS. The van der Waals surface area contributed by atoms with E-state index in [1.807, 2.05) is 45.4 Å². The molecule has 3 aromatic heterocycles. The first-order chi connectivity index (χ1) is 14.0. The molecule has 8 nitrogen and oxygen atoms in total. The van der Waals surface area contributed by atoms with E-state index in [1.165, 1.54) is 0 Å². The molecule has 3 aromatic rings. The van der Waals surface area contributed by atoms with Gasteiger partial charge in [-0.05, 0) is 44.9 Å². The van der Waals surface area contributed by atoms with Crippen molar-refractivity contribution >= 4 is 33.9 Å². The van der Waals surface area contributed by atoms with Gasteiger partial charge in [0.15, 0.2) is 5.13 Å². The summed E-state index contributed by atoms with van der Waals surface area (Å²) in [6.07, 6.45) is 5.72. The van der Waals surface area contributed by atoms with E-state index < -0.39 is 0 Å². The maximum Gasteiger partial charge on any atom is 0.238 e. The number of carbonyl (C=O) groups is 1. The fourth-order valence-corrected chi connectivity index (χ4v) is 4.36. The zero-order valence-electron chi connectivity index (χ0n) is 16.8. The van der Waals surface area contributed by atoms with Crippen LogP contribution in [0.4, 0.5) is 16.6 Å². The van der Waals surface area contributed by atoms with E-state index in [4.69, 9.17) is 4.98 Å². The smallest absolute Gasteiger partial charge is 0.238 e. The van der Waals surface area contributed by atoms with Crippen molar-refractivity contribution < 1.29 is 4.79 Å². The molecule has 9 heteroatoms. The highest BCUT2D eigenvalue weighted by Crippen LogP contribution is 2.34. The Labute approximate surface area is 174 Å². The molecule has 4 heterocycles. The Morgan fingerprint density at radius 2 is 2.21 bits per heavy atom. The third-order valence-corrected chi connectivity index (χ3v) is 5.78. The molecule has 0 aliphatic carbocycles. The number of likely N-dealkylation sites (tertiary alicyclic amines) is 1. The summed E-state index contributed by atoms with van der Waals surface area (Å²) in [4.78, 5) is 23.9. The quantitative estimate of drug-likeness (QED) is 0.646. The maximum atomic E-state index is 12.6. The number of anilines is 3. The summed E-state index contributed by atoms with van der Waals surface area (Å²) < 4.78 is 1.70. The monoisotopic (exact) mass is 411 g/mol. The van der Waals surface area contributed by atoms with E-state index in [2.05, 4.69) is 31.0 Å². The Hall–Kier alpha value is -2.78. The van der Waals surface area contributed by atoms with Gasteiger partial charge < -0.3 is 10.6 Å². The van der Waals surface area contributed by atoms with Gasteiger partial charge in [-0.2, -0.15) is 5.10 Å². The van der Waals surface area contributed by atoms with Gasteiger partial charge >= 0.3 is 0 Å². The normalized spacial score (nSPS) is 16.9. The van der Waals surface area contributed by atoms with Crippen molar-refractivity contribution in [1.82, 2.24) is 24.6 Å². The molecule has 1 fully saturated rings. The fraction of sp³-hybridized carbons (Fsp3) is 0.400. The molecule has 0 aromatic carbocycles. The molecule has 1 saturated heterocycles. The fourth-order valence-electron chi connectivity index (χ4n) is 3.59. The van der Waals surface area contributed by atoms with Gasteiger partial charge in [0.1, 0.15) is 5.82 Å². The number of amides is 1. The van der Waals surface area contributed by atoms with Crippen LogP contribution < -0.4 is 10.6 Å². The Morgan fingerprint density at radius 1 is 1.34 bits per heavy atom. The highest BCUT2D eigenvalue weighted by atomic mass is 32.1. The van der Waals surface area contributed by atoms with E-state index in [-0.39, 0.29) is 11.9 Å². The third kappa shape index (κ3) is 4.63. The number of thiazole rings is 1. The number of aryl methyl sites for hydroxylation is 3. The van der Waals surface area contributed by atoms with Crippen molar-refractivity contribution in [3.63, 3.8) is 0 Å². The molecule has 0 bridgehead atoms. The van der Waals surface area contributed by atoms with Crippen molar-refractivity contribution in [3.8, 4) is 0 Å². The van der Waals surface area contributed by atoms with Gasteiger partial charge in [0.05, 0.1) is 29.7 Å². The standard InChI is InChI=1S/C20H25N7OS/c1-13-6-7-18(21-9-13)24-20-23-16(12-29-20)17-5-4-8-27(17)11-19(28)22-15-10-26(3)25-14(15)2/h6-7,9-10,12,17H,4-5,8,11H2,1-3H3,(H,22,28)(H,21,23,24). The van der Waals surface area contributed by atoms with Crippen LogP contribution in [-0.2, 0) is 11.8 Å². The minimum Gasteiger partial charge on any atom is -0.322 e. The van der Waals surface area contributed by atoms with Crippen molar-refractivity contribution in [2.24, 2.45) is 7.05 Å². The summed E-state index contributed by atoms with van der Waals surface area (Å²) in [6, 6.07) is 4.13. The molecule has 2 N–H and O–H groups in total. The molecule has 29 heavy (non-hydrogen) atoms. The average molecular weight is 412 g/mol. The van der Waals surface area contributed by atoms with Gasteiger partial charge in [0.2, 0.25) is 5.91 Å². The zero-order valence-corrected chi connectivity index (χ0v) is 17.7. The SMILES string of the molecule is Cc1ccc(Nc2nc(C3CCCN3CC(=O)Nc3cn(C)nc3C)cs2)nc1. The van der Waals surface area contributed by atoms with Crippen molar-refractivity contribution in [2.45, 2.75) is 32.7 Å². The van der Waals surface area contributed by atoms with E-state index in [9.17, 15) is 4.79 Å². The maximum absolute atomic E-state index is 12.6.